The van der Waals surface area contributed by atoms with Crippen LogP contribution in [0.3, 0.4) is 0 Å². The molecule has 0 radical (unpaired) electrons. The lowest BCUT2D eigenvalue weighted by atomic mass is 10.1. The number of aromatic nitrogens is 2. The number of nitrogens with one attached hydrogen (secondary N) is 1. The molecule has 1 heterocycles. The van der Waals surface area contributed by atoms with Gasteiger partial charge in [0.25, 0.3) is 5.69 Å². The standard InChI is InChI=1S/C13H14N4O4/c1-2-16-6-5-10(15-16)8-14-11-4-3-9(13(18)19)7-12(11)17(20)21/h3-7,14H,2,8H2,1H3,(H,18,19). The van der Waals surface area contributed by atoms with Gasteiger partial charge in [-0.15, -0.1) is 0 Å². The molecule has 2 aromatic rings. The van der Waals surface area contributed by atoms with Crippen LogP contribution >= 0.6 is 0 Å². The van der Waals surface area contributed by atoms with Crippen molar-refractivity contribution in [3.05, 3.63) is 51.8 Å². The highest BCUT2D eigenvalue weighted by molar-refractivity contribution is 5.89. The normalized spacial score (nSPS) is 10.3. The highest BCUT2D eigenvalue weighted by atomic mass is 16.6. The second kappa shape index (κ2) is 6.04. The van der Waals surface area contributed by atoms with Crippen molar-refractivity contribution in [2.24, 2.45) is 0 Å². The van der Waals surface area contributed by atoms with Crippen molar-refractivity contribution in [2.75, 3.05) is 5.32 Å². The Morgan fingerprint density at radius 1 is 1.48 bits per heavy atom. The number of nitrogens with zero attached hydrogens (tertiary/aromatic N) is 3. The van der Waals surface area contributed by atoms with Gasteiger partial charge in [-0.25, -0.2) is 4.79 Å². The van der Waals surface area contributed by atoms with E-state index >= 15 is 0 Å². The Hall–Kier alpha value is -2.90. The summed E-state index contributed by atoms with van der Waals surface area (Å²) in [6, 6.07) is 5.56. The molecule has 0 atom stereocenters. The molecule has 2 rings (SSSR count). The second-order valence-corrected chi connectivity index (χ2v) is 4.31. The Kier molecular flexibility index (Phi) is 4.17. The lowest BCUT2D eigenvalue weighted by Gasteiger charge is -2.06. The summed E-state index contributed by atoms with van der Waals surface area (Å²) in [6.07, 6.45) is 1.82. The van der Waals surface area contributed by atoms with E-state index in [4.69, 9.17) is 5.11 Å². The van der Waals surface area contributed by atoms with Gasteiger partial charge in [-0.3, -0.25) is 14.8 Å². The number of carboxylic acids is 1. The van der Waals surface area contributed by atoms with Crippen LogP contribution in [-0.4, -0.2) is 25.8 Å². The molecular formula is C13H14N4O4. The van der Waals surface area contributed by atoms with E-state index in [-0.39, 0.29) is 16.9 Å². The van der Waals surface area contributed by atoms with E-state index in [9.17, 15) is 14.9 Å². The molecule has 8 nitrogen and oxygen atoms in total. The van der Waals surface area contributed by atoms with Crippen LogP contribution in [0.1, 0.15) is 23.0 Å². The zero-order valence-corrected chi connectivity index (χ0v) is 11.3. The van der Waals surface area contributed by atoms with Gasteiger partial charge in [-0.1, -0.05) is 0 Å². The molecule has 8 heteroatoms. The third-order valence-corrected chi connectivity index (χ3v) is 2.92. The predicted octanol–water partition coefficient (Wildman–Crippen LogP) is 2.12. The minimum atomic E-state index is -1.20. The number of benzene rings is 1. The molecule has 0 amide bonds. The van der Waals surface area contributed by atoms with Gasteiger partial charge in [0.2, 0.25) is 0 Å². The van der Waals surface area contributed by atoms with Crippen molar-refractivity contribution < 1.29 is 14.8 Å². The number of rotatable bonds is 6. The summed E-state index contributed by atoms with van der Waals surface area (Å²) >= 11 is 0. The lowest BCUT2D eigenvalue weighted by Crippen LogP contribution is -2.06. The average molecular weight is 290 g/mol. The van der Waals surface area contributed by atoms with Crippen molar-refractivity contribution in [3.63, 3.8) is 0 Å². The molecule has 0 fully saturated rings. The van der Waals surface area contributed by atoms with E-state index in [2.05, 4.69) is 10.4 Å². The summed E-state index contributed by atoms with van der Waals surface area (Å²) in [5.41, 5.74) is 0.608. The van der Waals surface area contributed by atoms with E-state index in [1.165, 1.54) is 12.1 Å². The molecule has 2 N–H and O–H groups in total. The maximum absolute atomic E-state index is 11.0. The molecule has 0 unspecified atom stereocenters. The molecule has 1 aromatic heterocycles. The molecule has 0 aliphatic heterocycles. The third-order valence-electron chi connectivity index (χ3n) is 2.92. The van der Waals surface area contributed by atoms with Crippen molar-refractivity contribution in [1.82, 2.24) is 9.78 Å². The number of nitro groups is 1. The zero-order valence-electron chi connectivity index (χ0n) is 11.3. The number of hydrogen-bond acceptors (Lipinski definition) is 5. The van der Waals surface area contributed by atoms with Gasteiger partial charge in [0, 0.05) is 18.8 Å². The fraction of sp³-hybridized carbons (Fsp3) is 0.231. The topological polar surface area (TPSA) is 110 Å². The van der Waals surface area contributed by atoms with Crippen molar-refractivity contribution in [1.29, 1.82) is 0 Å². The molecule has 0 bridgehead atoms. The van der Waals surface area contributed by atoms with E-state index in [1.807, 2.05) is 19.2 Å². The van der Waals surface area contributed by atoms with Crippen molar-refractivity contribution in [3.8, 4) is 0 Å². The van der Waals surface area contributed by atoms with Crippen molar-refractivity contribution >= 4 is 17.3 Å². The molecule has 0 spiro atoms. The molecule has 110 valence electrons. The van der Waals surface area contributed by atoms with E-state index in [0.717, 1.165) is 18.3 Å². The summed E-state index contributed by atoms with van der Waals surface area (Å²) in [5.74, 6) is -1.20. The highest BCUT2D eigenvalue weighted by Crippen LogP contribution is 2.26. The first kappa shape index (κ1) is 14.5. The minimum absolute atomic E-state index is 0.123. The van der Waals surface area contributed by atoms with Gasteiger partial charge in [-0.05, 0) is 25.1 Å². The first-order valence-electron chi connectivity index (χ1n) is 6.29. The number of nitro benzene ring substituents is 1. The lowest BCUT2D eigenvalue weighted by molar-refractivity contribution is -0.384. The smallest absolute Gasteiger partial charge is 0.335 e. The Labute approximate surface area is 120 Å². The van der Waals surface area contributed by atoms with Gasteiger partial charge < -0.3 is 10.4 Å². The van der Waals surface area contributed by atoms with Crippen LogP contribution in [0, 0.1) is 10.1 Å². The zero-order chi connectivity index (χ0) is 15.4. The van der Waals surface area contributed by atoms with Crippen molar-refractivity contribution in [2.45, 2.75) is 20.0 Å². The van der Waals surface area contributed by atoms with Gasteiger partial charge in [0.05, 0.1) is 22.7 Å². The van der Waals surface area contributed by atoms with Crippen LogP contribution in [0.2, 0.25) is 0 Å². The summed E-state index contributed by atoms with van der Waals surface area (Å²) in [6.45, 7) is 3.02. The third kappa shape index (κ3) is 3.35. The average Bonchev–Trinajstić information content (AvgIpc) is 2.92. The number of carboxylic acid groups (broad SMARTS) is 1. The molecule has 1 aromatic carbocycles. The number of aryl methyl sites for hydroxylation is 1. The SMILES string of the molecule is CCn1ccc(CNc2ccc(C(=O)O)cc2[N+](=O)[O-])n1. The van der Waals surface area contributed by atoms with Crippen LogP contribution in [-0.2, 0) is 13.1 Å². The Morgan fingerprint density at radius 3 is 2.81 bits per heavy atom. The van der Waals surface area contributed by atoms with Crippen LogP contribution in [0.4, 0.5) is 11.4 Å². The van der Waals surface area contributed by atoms with Crippen LogP contribution in [0.25, 0.3) is 0 Å². The molecule has 0 aliphatic rings. The number of hydrogen-bond donors (Lipinski definition) is 2. The molecule has 0 aliphatic carbocycles. The summed E-state index contributed by atoms with van der Waals surface area (Å²) in [7, 11) is 0. The first-order chi connectivity index (χ1) is 10.0. The summed E-state index contributed by atoms with van der Waals surface area (Å²) in [4.78, 5) is 21.2. The Bertz CT molecular complexity index is 681. The van der Waals surface area contributed by atoms with Gasteiger partial charge >= 0.3 is 5.97 Å². The van der Waals surface area contributed by atoms with E-state index in [0.29, 0.717) is 6.54 Å². The molecule has 0 saturated heterocycles. The maximum atomic E-state index is 11.0. The van der Waals surface area contributed by atoms with Crippen LogP contribution in [0.5, 0.6) is 0 Å². The van der Waals surface area contributed by atoms with E-state index in [1.54, 1.807) is 4.68 Å². The second-order valence-electron chi connectivity index (χ2n) is 4.31. The fourth-order valence-electron chi connectivity index (χ4n) is 1.83. The minimum Gasteiger partial charge on any atom is -0.478 e. The quantitative estimate of drug-likeness (QED) is 0.622. The Balaban J connectivity index is 2.19. The van der Waals surface area contributed by atoms with Crippen LogP contribution in [0.15, 0.2) is 30.5 Å². The number of anilines is 1. The first-order valence-corrected chi connectivity index (χ1v) is 6.29. The molecule has 21 heavy (non-hydrogen) atoms. The summed E-state index contributed by atoms with van der Waals surface area (Å²) < 4.78 is 1.75. The van der Waals surface area contributed by atoms with Crippen LogP contribution < -0.4 is 5.32 Å². The van der Waals surface area contributed by atoms with E-state index < -0.39 is 10.9 Å². The highest BCUT2D eigenvalue weighted by Gasteiger charge is 2.17. The predicted molar refractivity (Wildman–Crippen MR) is 75.3 cm³/mol. The fourth-order valence-corrected chi connectivity index (χ4v) is 1.83. The summed E-state index contributed by atoms with van der Waals surface area (Å²) in [5, 5.41) is 27.0. The molecule has 0 saturated carbocycles. The number of carbonyl (C=O) groups is 1. The monoisotopic (exact) mass is 290 g/mol. The van der Waals surface area contributed by atoms with Gasteiger partial charge in [0.1, 0.15) is 5.69 Å². The Morgan fingerprint density at radius 2 is 2.24 bits per heavy atom. The van der Waals surface area contributed by atoms with Gasteiger partial charge in [-0.2, -0.15) is 5.10 Å². The van der Waals surface area contributed by atoms with Gasteiger partial charge in [0.15, 0.2) is 0 Å². The molecular weight excluding hydrogens is 276 g/mol. The number of aromatic carboxylic acids is 1. The maximum Gasteiger partial charge on any atom is 0.335 e. The largest absolute Gasteiger partial charge is 0.478 e.